The van der Waals surface area contributed by atoms with E-state index in [1.54, 1.807) is 13.1 Å². The fourth-order valence-corrected chi connectivity index (χ4v) is 5.04. The van der Waals surface area contributed by atoms with Gasteiger partial charge in [0.1, 0.15) is 5.82 Å². The number of thioether (sulfide) groups is 1. The Kier molecular flexibility index (Phi) is 5.65. The largest absolute Gasteiger partial charge is 0.316 e. The molecule has 0 bridgehead atoms. The monoisotopic (exact) mass is 332 g/mol. The van der Waals surface area contributed by atoms with E-state index in [1.165, 1.54) is 13.0 Å². The van der Waals surface area contributed by atoms with Crippen LogP contribution in [0.4, 0.5) is 4.39 Å². The van der Waals surface area contributed by atoms with Gasteiger partial charge < -0.3 is 5.32 Å². The van der Waals surface area contributed by atoms with Crippen molar-refractivity contribution in [1.82, 2.24) is 10.0 Å². The number of hydrogen-bond donors (Lipinski definition) is 2. The van der Waals surface area contributed by atoms with E-state index >= 15 is 0 Å². The molecule has 1 aromatic carbocycles. The summed E-state index contributed by atoms with van der Waals surface area (Å²) in [7, 11) is -1.93. The maximum Gasteiger partial charge on any atom is 0.240 e. The molecule has 4 nitrogen and oxygen atoms in total. The maximum atomic E-state index is 13.9. The second-order valence-electron chi connectivity index (χ2n) is 5.31. The summed E-state index contributed by atoms with van der Waals surface area (Å²) in [6.45, 7) is 2.35. The van der Waals surface area contributed by atoms with E-state index in [1.807, 2.05) is 11.8 Å². The fourth-order valence-electron chi connectivity index (χ4n) is 2.34. The lowest BCUT2D eigenvalue weighted by atomic mass is 10.1. The van der Waals surface area contributed by atoms with Crippen LogP contribution in [0.5, 0.6) is 0 Å². The molecular formula is C14H21FN2O2S2. The summed E-state index contributed by atoms with van der Waals surface area (Å²) < 4.78 is 41.4. The highest BCUT2D eigenvalue weighted by atomic mass is 32.2. The molecule has 7 heteroatoms. The van der Waals surface area contributed by atoms with Crippen molar-refractivity contribution in [2.24, 2.45) is 5.92 Å². The van der Waals surface area contributed by atoms with E-state index in [0.717, 1.165) is 17.9 Å². The summed E-state index contributed by atoms with van der Waals surface area (Å²) in [5, 5.41) is 2.90. The van der Waals surface area contributed by atoms with Crippen molar-refractivity contribution < 1.29 is 12.8 Å². The Bertz CT molecular complexity index is 599. The van der Waals surface area contributed by atoms with Crippen LogP contribution >= 0.6 is 11.8 Å². The first-order valence-corrected chi connectivity index (χ1v) is 9.59. The molecule has 21 heavy (non-hydrogen) atoms. The molecule has 2 rings (SSSR count). The highest BCUT2D eigenvalue weighted by Gasteiger charge is 2.23. The number of rotatable bonds is 6. The van der Waals surface area contributed by atoms with Gasteiger partial charge in [-0.1, -0.05) is 0 Å². The summed E-state index contributed by atoms with van der Waals surface area (Å²) in [4.78, 5) is 0.0402. The third-order valence-corrected chi connectivity index (χ3v) is 6.39. The van der Waals surface area contributed by atoms with E-state index in [0.29, 0.717) is 24.6 Å². The summed E-state index contributed by atoms with van der Waals surface area (Å²) in [6, 6.07) is 2.92. The molecule has 1 unspecified atom stereocenters. The van der Waals surface area contributed by atoms with Crippen LogP contribution in [0, 0.1) is 18.7 Å². The average molecular weight is 332 g/mol. The van der Waals surface area contributed by atoms with Gasteiger partial charge in [-0.25, -0.2) is 17.5 Å². The number of hydrogen-bond acceptors (Lipinski definition) is 4. The molecule has 0 radical (unpaired) electrons. The smallest absolute Gasteiger partial charge is 0.240 e. The molecular weight excluding hydrogens is 311 g/mol. The molecule has 0 saturated carbocycles. The van der Waals surface area contributed by atoms with Gasteiger partial charge >= 0.3 is 0 Å². The van der Waals surface area contributed by atoms with Crippen molar-refractivity contribution in [3.05, 3.63) is 29.1 Å². The summed E-state index contributed by atoms with van der Waals surface area (Å²) >= 11 is 1.84. The summed E-state index contributed by atoms with van der Waals surface area (Å²) in [5.74, 6) is 1.95. The molecule has 1 fully saturated rings. The van der Waals surface area contributed by atoms with Crippen molar-refractivity contribution in [2.75, 3.05) is 25.1 Å². The molecule has 1 aromatic rings. The number of sulfonamides is 1. The Morgan fingerprint density at radius 1 is 1.43 bits per heavy atom. The standard InChI is InChI=1S/C14H21FN2O2S2/c1-10-13(15)5-12(7-16-2)6-14(10)21(18,19)17-8-11-3-4-20-9-11/h5-6,11,16-17H,3-4,7-9H2,1-2H3. The predicted molar refractivity (Wildman–Crippen MR) is 84.5 cm³/mol. The molecule has 1 heterocycles. The first-order chi connectivity index (χ1) is 9.94. The Morgan fingerprint density at radius 3 is 2.81 bits per heavy atom. The zero-order valence-corrected chi connectivity index (χ0v) is 13.9. The molecule has 1 saturated heterocycles. The molecule has 0 amide bonds. The van der Waals surface area contributed by atoms with Crippen molar-refractivity contribution >= 4 is 21.8 Å². The van der Waals surface area contributed by atoms with Gasteiger partial charge in [-0.2, -0.15) is 11.8 Å². The van der Waals surface area contributed by atoms with Crippen LogP contribution in [0.25, 0.3) is 0 Å². The lowest BCUT2D eigenvalue weighted by Gasteiger charge is -2.14. The predicted octanol–water partition coefficient (Wildman–Crippen LogP) is 1.88. The van der Waals surface area contributed by atoms with Crippen molar-refractivity contribution in [3.63, 3.8) is 0 Å². The van der Waals surface area contributed by atoms with Crippen LogP contribution in [0.1, 0.15) is 17.5 Å². The Hall–Kier alpha value is -0.630. The topological polar surface area (TPSA) is 58.2 Å². The molecule has 2 N–H and O–H groups in total. The minimum Gasteiger partial charge on any atom is -0.316 e. The van der Waals surface area contributed by atoms with Gasteiger partial charge in [0.25, 0.3) is 0 Å². The van der Waals surface area contributed by atoms with Crippen LogP contribution in [-0.2, 0) is 16.6 Å². The molecule has 1 aliphatic heterocycles. The first kappa shape index (κ1) is 16.7. The van der Waals surface area contributed by atoms with Gasteiger partial charge in [-0.3, -0.25) is 0 Å². The molecule has 1 aliphatic rings. The number of halogens is 1. The molecule has 118 valence electrons. The lowest BCUT2D eigenvalue weighted by molar-refractivity contribution is 0.542. The molecule has 0 aromatic heterocycles. The number of nitrogens with one attached hydrogen (secondary N) is 2. The van der Waals surface area contributed by atoms with E-state index in [4.69, 9.17) is 0 Å². The third kappa shape index (κ3) is 4.18. The van der Waals surface area contributed by atoms with Gasteiger partial charge in [-0.05, 0) is 55.5 Å². The average Bonchev–Trinajstić information content (AvgIpc) is 2.94. The quantitative estimate of drug-likeness (QED) is 0.835. The Morgan fingerprint density at radius 2 is 2.19 bits per heavy atom. The third-order valence-electron chi connectivity index (χ3n) is 3.61. The van der Waals surface area contributed by atoms with Crippen molar-refractivity contribution in [3.8, 4) is 0 Å². The van der Waals surface area contributed by atoms with Crippen LogP contribution in [0.3, 0.4) is 0 Å². The minimum absolute atomic E-state index is 0.0402. The SMILES string of the molecule is CNCc1cc(F)c(C)c(S(=O)(=O)NCC2CCSC2)c1. The van der Waals surface area contributed by atoms with Gasteiger partial charge in [0.05, 0.1) is 4.90 Å². The van der Waals surface area contributed by atoms with Crippen molar-refractivity contribution in [1.29, 1.82) is 0 Å². The maximum absolute atomic E-state index is 13.9. The van der Waals surface area contributed by atoms with E-state index < -0.39 is 15.8 Å². The zero-order valence-electron chi connectivity index (χ0n) is 12.3. The molecule has 1 atom stereocenters. The Balaban J connectivity index is 2.21. The van der Waals surface area contributed by atoms with E-state index in [-0.39, 0.29) is 10.5 Å². The molecule has 0 aliphatic carbocycles. The fraction of sp³-hybridized carbons (Fsp3) is 0.571. The Labute approximate surface area is 129 Å². The van der Waals surface area contributed by atoms with E-state index in [9.17, 15) is 12.8 Å². The van der Waals surface area contributed by atoms with Gasteiger partial charge in [0.2, 0.25) is 10.0 Å². The molecule has 0 spiro atoms. The first-order valence-electron chi connectivity index (χ1n) is 6.95. The summed E-state index contributed by atoms with van der Waals surface area (Å²) in [5.41, 5.74) is 0.792. The van der Waals surface area contributed by atoms with E-state index in [2.05, 4.69) is 10.0 Å². The van der Waals surface area contributed by atoms with Crippen LogP contribution in [-0.4, -0.2) is 33.5 Å². The second-order valence-corrected chi connectivity index (χ2v) is 8.20. The van der Waals surface area contributed by atoms with Crippen LogP contribution in [0.2, 0.25) is 0 Å². The zero-order chi connectivity index (χ0) is 15.5. The van der Waals surface area contributed by atoms with Crippen LogP contribution < -0.4 is 10.0 Å². The van der Waals surface area contributed by atoms with Crippen LogP contribution in [0.15, 0.2) is 17.0 Å². The highest BCUT2D eigenvalue weighted by molar-refractivity contribution is 7.99. The minimum atomic E-state index is -3.67. The lowest BCUT2D eigenvalue weighted by Crippen LogP contribution is -2.30. The second kappa shape index (κ2) is 7.09. The highest BCUT2D eigenvalue weighted by Crippen LogP contribution is 2.24. The van der Waals surface area contributed by atoms with Gasteiger partial charge in [0, 0.05) is 18.7 Å². The summed E-state index contributed by atoms with van der Waals surface area (Å²) in [6.07, 6.45) is 1.03. The number of benzene rings is 1. The normalized spacial score (nSPS) is 19.1. The van der Waals surface area contributed by atoms with Gasteiger partial charge in [0.15, 0.2) is 0 Å². The van der Waals surface area contributed by atoms with Crippen molar-refractivity contribution in [2.45, 2.75) is 24.8 Å². The van der Waals surface area contributed by atoms with Gasteiger partial charge in [-0.15, -0.1) is 0 Å².